The van der Waals surface area contributed by atoms with Crippen LogP contribution < -0.4 is 16.2 Å². The second-order valence-corrected chi connectivity index (χ2v) is 24.8. The average molecular weight is 905 g/mol. The Labute approximate surface area is 397 Å². The van der Waals surface area contributed by atoms with Crippen LogP contribution >= 0.6 is 34.0 Å². The Morgan fingerprint density at radius 2 is 1.15 bits per heavy atom. The molecule has 320 valence electrons. The molecule has 0 amide bonds. The van der Waals surface area contributed by atoms with Gasteiger partial charge in [0.25, 0.3) is 0 Å². The van der Waals surface area contributed by atoms with E-state index in [1.54, 1.807) is 0 Å². The van der Waals surface area contributed by atoms with E-state index >= 15 is 0 Å². The van der Waals surface area contributed by atoms with Gasteiger partial charge in [0.1, 0.15) is 0 Å². The number of aromatic nitrogens is 1. The fourth-order valence-corrected chi connectivity index (χ4v) is 15.5. The molecule has 66 heavy (non-hydrogen) atoms. The van der Waals surface area contributed by atoms with E-state index in [4.69, 9.17) is 0 Å². The maximum Gasteiger partial charge on any atom is 0.198 e. The largest absolute Gasteiger partial charge is 0.355 e. The molecular formula is C60H49BN2S3. The van der Waals surface area contributed by atoms with Crippen molar-refractivity contribution < 1.29 is 0 Å². The van der Waals surface area contributed by atoms with E-state index in [9.17, 15) is 0 Å². The van der Waals surface area contributed by atoms with Gasteiger partial charge in [-0.1, -0.05) is 127 Å². The van der Waals surface area contributed by atoms with Crippen LogP contribution in [0.1, 0.15) is 78.0 Å². The zero-order chi connectivity index (χ0) is 44.6. The standard InChI is InChI=1S/C60H49BN2S3/c1-58(2,3)32-20-22-33(23-21-32)62-44-28-38-35-15-9-12-18-48(35)64-50(38)29-39(44)52-53-36-16-10-13-19-49(36)66-57(53)54-40-26-41-42(60(6,7)25-24-59(41,4)5)30-45(40)63-46-31-51-37(27-43(46)61-55(52)56(54)63)34-14-8-11-17-47(34)65-51/h8-23,26-31,61-62H,24-25H2,1-7H3. The normalized spacial score (nSPS) is 15.4. The molecule has 0 fully saturated rings. The third kappa shape index (κ3) is 5.47. The first-order chi connectivity index (χ1) is 31.8. The minimum absolute atomic E-state index is 0.0717. The number of rotatable bonds is 3. The third-order valence-corrected chi connectivity index (χ3v) is 19.1. The van der Waals surface area contributed by atoms with Gasteiger partial charge in [0.05, 0.1) is 11.0 Å². The number of benzene rings is 8. The van der Waals surface area contributed by atoms with Crippen LogP contribution in [0.4, 0.5) is 11.4 Å². The molecule has 0 atom stereocenters. The molecule has 2 nitrogen and oxygen atoms in total. The van der Waals surface area contributed by atoms with Crippen molar-refractivity contribution in [1.82, 2.24) is 4.57 Å². The summed E-state index contributed by atoms with van der Waals surface area (Å²) in [6, 6.07) is 51.7. The van der Waals surface area contributed by atoms with Gasteiger partial charge in [-0.15, -0.1) is 34.0 Å². The minimum atomic E-state index is 0.0717. The molecule has 0 unspecified atom stereocenters. The monoisotopic (exact) mass is 904 g/mol. The lowest BCUT2D eigenvalue weighted by Gasteiger charge is -2.42. The Kier molecular flexibility index (Phi) is 7.96. The number of thiophene rings is 3. The highest BCUT2D eigenvalue weighted by Crippen LogP contribution is 2.53. The number of fused-ring (bicyclic) bond motifs is 16. The first-order valence-corrected chi connectivity index (χ1v) is 26.0. The summed E-state index contributed by atoms with van der Waals surface area (Å²) < 4.78 is 10.8. The first kappa shape index (κ1) is 39.3. The summed E-state index contributed by atoms with van der Waals surface area (Å²) in [6.45, 7) is 16.8. The number of nitrogens with zero attached hydrogens (tertiary/aromatic N) is 1. The molecule has 12 aromatic rings. The Morgan fingerprint density at radius 3 is 1.82 bits per heavy atom. The number of hydrogen-bond acceptors (Lipinski definition) is 4. The molecule has 1 aliphatic carbocycles. The molecule has 4 aromatic heterocycles. The van der Waals surface area contributed by atoms with Crippen molar-refractivity contribution >= 4 is 146 Å². The van der Waals surface area contributed by atoms with Gasteiger partial charge in [0.15, 0.2) is 7.28 Å². The van der Waals surface area contributed by atoms with Crippen LogP contribution in [0.15, 0.2) is 133 Å². The maximum atomic E-state index is 4.08. The lowest BCUT2D eigenvalue weighted by atomic mass is 9.58. The van der Waals surface area contributed by atoms with Crippen LogP contribution in [0.25, 0.3) is 99.1 Å². The van der Waals surface area contributed by atoms with E-state index in [0.29, 0.717) is 0 Å². The Morgan fingerprint density at radius 1 is 0.561 bits per heavy atom. The zero-order valence-electron chi connectivity index (χ0n) is 38.5. The smallest absolute Gasteiger partial charge is 0.198 e. The van der Waals surface area contributed by atoms with Crippen molar-refractivity contribution in [2.24, 2.45) is 0 Å². The summed E-state index contributed by atoms with van der Waals surface area (Å²) in [5.41, 5.74) is 16.3. The predicted octanol–water partition coefficient (Wildman–Crippen LogP) is 16.6. The number of hydrogen-bond donors (Lipinski definition) is 1. The van der Waals surface area contributed by atoms with Crippen LogP contribution in [0.5, 0.6) is 0 Å². The highest BCUT2D eigenvalue weighted by Gasteiger charge is 2.39. The van der Waals surface area contributed by atoms with Crippen LogP contribution in [0.3, 0.4) is 0 Å². The van der Waals surface area contributed by atoms with Gasteiger partial charge in [0.2, 0.25) is 0 Å². The lowest BCUT2D eigenvalue weighted by molar-refractivity contribution is 0.332. The first-order valence-electron chi connectivity index (χ1n) is 23.6. The summed E-state index contributed by atoms with van der Waals surface area (Å²) >= 11 is 5.83. The zero-order valence-corrected chi connectivity index (χ0v) is 40.9. The van der Waals surface area contributed by atoms with E-state index in [-0.39, 0.29) is 16.2 Å². The molecule has 0 saturated heterocycles. The van der Waals surface area contributed by atoms with E-state index in [1.807, 2.05) is 34.0 Å². The summed E-state index contributed by atoms with van der Waals surface area (Å²) in [4.78, 5) is 0. The third-order valence-electron chi connectivity index (χ3n) is 15.6. The molecule has 6 heteroatoms. The topological polar surface area (TPSA) is 17.0 Å². The van der Waals surface area contributed by atoms with Gasteiger partial charge in [-0.05, 0) is 123 Å². The quantitative estimate of drug-likeness (QED) is 0.175. The van der Waals surface area contributed by atoms with Crippen molar-refractivity contribution in [2.75, 3.05) is 5.32 Å². The molecule has 0 radical (unpaired) electrons. The molecule has 0 spiro atoms. The van der Waals surface area contributed by atoms with Gasteiger partial charge in [-0.2, -0.15) is 0 Å². The summed E-state index contributed by atoms with van der Waals surface area (Å²) in [5.74, 6) is 0. The van der Waals surface area contributed by atoms with Crippen molar-refractivity contribution in [3.8, 4) is 16.8 Å². The van der Waals surface area contributed by atoms with Gasteiger partial charge < -0.3 is 9.88 Å². The van der Waals surface area contributed by atoms with Crippen molar-refractivity contribution in [1.29, 1.82) is 0 Å². The number of anilines is 2. The second kappa shape index (κ2) is 13.4. The summed E-state index contributed by atoms with van der Waals surface area (Å²) in [7, 11) is 0.846. The molecule has 1 aliphatic heterocycles. The molecule has 8 aromatic carbocycles. The molecule has 0 saturated carbocycles. The average Bonchev–Trinajstić information content (AvgIpc) is 4.06. The predicted molar refractivity (Wildman–Crippen MR) is 295 cm³/mol. The highest BCUT2D eigenvalue weighted by atomic mass is 32.1. The fourth-order valence-electron chi connectivity index (χ4n) is 12.0. The molecule has 2 aliphatic rings. The SMILES string of the molecule is CC(C)(C)c1ccc(Nc2cc3c(cc2-c2c4c5c(c6cc7c(cc6n5-c5cc6sc8ccccc8c6cc5B4)C(C)(C)CCC7(C)C)c4sc5ccccc5c24)sc2ccccc23)cc1. The Balaban J connectivity index is 1.17. The van der Waals surface area contributed by atoms with Gasteiger partial charge in [0, 0.05) is 88.5 Å². The lowest BCUT2D eigenvalue weighted by Crippen LogP contribution is -2.37. The molecule has 5 heterocycles. The molecule has 0 bridgehead atoms. The minimum Gasteiger partial charge on any atom is -0.355 e. The van der Waals surface area contributed by atoms with E-state index in [1.165, 1.54) is 140 Å². The van der Waals surface area contributed by atoms with Crippen molar-refractivity contribution in [3.05, 3.63) is 150 Å². The molecule has 14 rings (SSSR count). The number of nitrogens with one attached hydrogen (secondary N) is 1. The second-order valence-electron chi connectivity index (χ2n) is 21.6. The Bertz CT molecular complexity index is 4090. The van der Waals surface area contributed by atoms with Crippen LogP contribution in [0, 0.1) is 0 Å². The van der Waals surface area contributed by atoms with Gasteiger partial charge in [-0.3, -0.25) is 0 Å². The van der Waals surface area contributed by atoms with Crippen LogP contribution in [-0.4, -0.2) is 11.8 Å². The van der Waals surface area contributed by atoms with Crippen molar-refractivity contribution in [2.45, 2.75) is 77.6 Å². The highest BCUT2D eigenvalue weighted by molar-refractivity contribution is 7.27. The van der Waals surface area contributed by atoms with E-state index in [2.05, 4.69) is 192 Å². The van der Waals surface area contributed by atoms with Crippen LogP contribution in [-0.2, 0) is 16.2 Å². The van der Waals surface area contributed by atoms with Crippen molar-refractivity contribution in [3.63, 3.8) is 0 Å². The summed E-state index contributed by atoms with van der Waals surface area (Å²) in [6.07, 6.45) is 2.37. The Hall–Kier alpha value is -5.92. The fraction of sp³-hybridized carbons (Fsp3) is 0.200. The maximum absolute atomic E-state index is 4.08. The summed E-state index contributed by atoms with van der Waals surface area (Å²) in [5, 5.41) is 14.9. The van der Waals surface area contributed by atoms with Crippen LogP contribution in [0.2, 0.25) is 0 Å². The van der Waals surface area contributed by atoms with E-state index < -0.39 is 0 Å². The molecule has 1 N–H and O–H groups in total. The van der Waals surface area contributed by atoms with E-state index in [0.717, 1.165) is 18.7 Å². The molecular weight excluding hydrogens is 856 g/mol. The van der Waals surface area contributed by atoms with Gasteiger partial charge in [-0.25, -0.2) is 0 Å². The van der Waals surface area contributed by atoms with Gasteiger partial charge >= 0.3 is 0 Å².